The lowest BCUT2D eigenvalue weighted by atomic mass is 9.92. The Morgan fingerprint density at radius 1 is 1.47 bits per heavy atom. The molecule has 1 aromatic heterocycles. The number of aromatic nitrogens is 2. The van der Waals surface area contributed by atoms with E-state index in [1.807, 2.05) is 0 Å². The minimum Gasteiger partial charge on any atom is -0.337 e. The maximum atomic E-state index is 5.51. The minimum absolute atomic E-state index is 0.0243. The van der Waals surface area contributed by atoms with Gasteiger partial charge in [-0.05, 0) is 44.6 Å². The van der Waals surface area contributed by atoms with Gasteiger partial charge in [0.2, 0.25) is 5.89 Å². The molecular weight excluding hydrogens is 214 g/mol. The number of rotatable bonds is 5. The summed E-state index contributed by atoms with van der Waals surface area (Å²) in [6.07, 6.45) is 8.26. The SMILES string of the molecule is CCCC1(c2nc(CC3CC3)no2)CCCN1. The molecule has 1 saturated carbocycles. The van der Waals surface area contributed by atoms with Crippen LogP contribution in [0.5, 0.6) is 0 Å². The van der Waals surface area contributed by atoms with Crippen molar-refractivity contribution in [2.75, 3.05) is 6.54 Å². The second-order valence-corrected chi connectivity index (χ2v) is 5.53. The van der Waals surface area contributed by atoms with Crippen molar-refractivity contribution in [1.82, 2.24) is 15.5 Å². The average Bonchev–Trinajstić information content (AvgIpc) is 2.80. The summed E-state index contributed by atoms with van der Waals surface area (Å²) in [6, 6.07) is 0. The summed E-state index contributed by atoms with van der Waals surface area (Å²) in [6.45, 7) is 3.28. The highest BCUT2D eigenvalue weighted by molar-refractivity contribution is 5.07. The van der Waals surface area contributed by atoms with Crippen molar-refractivity contribution in [3.63, 3.8) is 0 Å². The number of nitrogens with zero attached hydrogens (tertiary/aromatic N) is 2. The van der Waals surface area contributed by atoms with Gasteiger partial charge in [0.05, 0.1) is 5.54 Å². The van der Waals surface area contributed by atoms with Gasteiger partial charge in [0.25, 0.3) is 0 Å². The van der Waals surface area contributed by atoms with Crippen molar-refractivity contribution >= 4 is 0 Å². The van der Waals surface area contributed by atoms with Crippen molar-refractivity contribution in [1.29, 1.82) is 0 Å². The maximum absolute atomic E-state index is 5.51. The van der Waals surface area contributed by atoms with Crippen LogP contribution in [0.4, 0.5) is 0 Å². The second-order valence-electron chi connectivity index (χ2n) is 5.53. The Bertz CT molecular complexity index is 378. The smallest absolute Gasteiger partial charge is 0.246 e. The lowest BCUT2D eigenvalue weighted by Crippen LogP contribution is -2.37. The molecular formula is C13H21N3O. The zero-order valence-corrected chi connectivity index (χ0v) is 10.5. The van der Waals surface area contributed by atoms with Crippen LogP contribution in [0.1, 0.15) is 57.2 Å². The molecule has 0 radical (unpaired) electrons. The molecule has 2 fully saturated rings. The van der Waals surface area contributed by atoms with Gasteiger partial charge in [0.15, 0.2) is 5.82 Å². The molecule has 1 atom stereocenters. The Balaban J connectivity index is 1.77. The molecule has 3 rings (SSSR count). The van der Waals surface area contributed by atoms with Gasteiger partial charge in [-0.2, -0.15) is 4.98 Å². The number of nitrogens with one attached hydrogen (secondary N) is 1. The van der Waals surface area contributed by atoms with Crippen molar-refractivity contribution < 1.29 is 4.52 Å². The highest BCUT2D eigenvalue weighted by atomic mass is 16.5. The largest absolute Gasteiger partial charge is 0.337 e. The lowest BCUT2D eigenvalue weighted by molar-refractivity contribution is 0.240. The van der Waals surface area contributed by atoms with Crippen LogP contribution in [-0.2, 0) is 12.0 Å². The molecule has 94 valence electrons. The van der Waals surface area contributed by atoms with Crippen LogP contribution in [0, 0.1) is 5.92 Å². The molecule has 0 amide bonds. The third-order valence-corrected chi connectivity index (χ3v) is 3.97. The third kappa shape index (κ3) is 2.23. The van der Waals surface area contributed by atoms with Crippen LogP contribution in [0.25, 0.3) is 0 Å². The van der Waals surface area contributed by atoms with Crippen molar-refractivity contribution in [2.24, 2.45) is 5.92 Å². The van der Waals surface area contributed by atoms with E-state index in [1.54, 1.807) is 0 Å². The molecule has 1 saturated heterocycles. The van der Waals surface area contributed by atoms with E-state index in [0.29, 0.717) is 0 Å². The van der Waals surface area contributed by atoms with E-state index >= 15 is 0 Å². The van der Waals surface area contributed by atoms with Gasteiger partial charge in [0.1, 0.15) is 0 Å². The van der Waals surface area contributed by atoms with Crippen molar-refractivity contribution in [3.8, 4) is 0 Å². The zero-order chi connectivity index (χ0) is 11.7. The molecule has 0 bridgehead atoms. The second kappa shape index (κ2) is 4.41. The van der Waals surface area contributed by atoms with Gasteiger partial charge in [-0.3, -0.25) is 0 Å². The van der Waals surface area contributed by atoms with E-state index in [9.17, 15) is 0 Å². The quantitative estimate of drug-likeness (QED) is 0.851. The van der Waals surface area contributed by atoms with Crippen LogP contribution in [0.2, 0.25) is 0 Å². The predicted molar refractivity (Wildman–Crippen MR) is 64.5 cm³/mol. The van der Waals surface area contributed by atoms with Crippen LogP contribution in [-0.4, -0.2) is 16.7 Å². The molecule has 1 N–H and O–H groups in total. The first-order valence-electron chi connectivity index (χ1n) is 6.90. The van der Waals surface area contributed by atoms with Gasteiger partial charge >= 0.3 is 0 Å². The highest BCUT2D eigenvalue weighted by Crippen LogP contribution is 2.36. The Labute approximate surface area is 102 Å². The van der Waals surface area contributed by atoms with Crippen LogP contribution < -0.4 is 5.32 Å². The monoisotopic (exact) mass is 235 g/mol. The molecule has 1 aromatic rings. The van der Waals surface area contributed by atoms with Gasteiger partial charge in [-0.25, -0.2) is 0 Å². The molecule has 1 unspecified atom stereocenters. The molecule has 0 spiro atoms. The summed E-state index contributed by atoms with van der Waals surface area (Å²) >= 11 is 0. The highest BCUT2D eigenvalue weighted by Gasteiger charge is 2.40. The van der Waals surface area contributed by atoms with E-state index in [4.69, 9.17) is 4.52 Å². The van der Waals surface area contributed by atoms with Crippen LogP contribution in [0.3, 0.4) is 0 Å². The van der Waals surface area contributed by atoms with E-state index < -0.39 is 0 Å². The topological polar surface area (TPSA) is 51.0 Å². The first kappa shape index (κ1) is 11.2. The standard InChI is InChI=1S/C13H21N3O/c1-2-6-13(7-3-8-14-13)12-15-11(16-17-12)9-10-4-5-10/h10,14H,2-9H2,1H3. The summed E-state index contributed by atoms with van der Waals surface area (Å²) in [7, 11) is 0. The minimum atomic E-state index is -0.0243. The predicted octanol–water partition coefficient (Wildman–Crippen LogP) is 2.40. The molecule has 4 heteroatoms. The number of hydrogen-bond donors (Lipinski definition) is 1. The average molecular weight is 235 g/mol. The summed E-state index contributed by atoms with van der Waals surface area (Å²) in [4.78, 5) is 4.62. The van der Waals surface area contributed by atoms with Crippen LogP contribution in [0.15, 0.2) is 4.52 Å². The summed E-state index contributed by atoms with van der Waals surface area (Å²) in [5.74, 6) is 2.55. The lowest BCUT2D eigenvalue weighted by Gasteiger charge is -2.24. The van der Waals surface area contributed by atoms with E-state index in [0.717, 1.165) is 49.9 Å². The Morgan fingerprint density at radius 2 is 2.35 bits per heavy atom. The summed E-state index contributed by atoms with van der Waals surface area (Å²) in [5, 5.41) is 7.72. The molecule has 17 heavy (non-hydrogen) atoms. The van der Waals surface area contributed by atoms with Crippen molar-refractivity contribution in [3.05, 3.63) is 11.7 Å². The summed E-state index contributed by atoms with van der Waals surface area (Å²) < 4.78 is 5.51. The third-order valence-electron chi connectivity index (χ3n) is 3.97. The van der Waals surface area contributed by atoms with E-state index in [-0.39, 0.29) is 5.54 Å². The van der Waals surface area contributed by atoms with Crippen molar-refractivity contribution in [2.45, 2.75) is 57.4 Å². The van der Waals surface area contributed by atoms with Gasteiger partial charge in [-0.15, -0.1) is 0 Å². The van der Waals surface area contributed by atoms with Gasteiger partial charge < -0.3 is 9.84 Å². The normalized spacial score (nSPS) is 28.8. The van der Waals surface area contributed by atoms with E-state index in [1.165, 1.54) is 19.3 Å². The molecule has 4 nitrogen and oxygen atoms in total. The zero-order valence-electron chi connectivity index (χ0n) is 10.5. The Morgan fingerprint density at radius 3 is 3.00 bits per heavy atom. The maximum Gasteiger partial charge on any atom is 0.246 e. The molecule has 1 aliphatic carbocycles. The first-order valence-corrected chi connectivity index (χ1v) is 6.90. The fraction of sp³-hybridized carbons (Fsp3) is 0.846. The number of hydrogen-bond acceptors (Lipinski definition) is 4. The fourth-order valence-corrected chi connectivity index (χ4v) is 2.85. The van der Waals surface area contributed by atoms with Crippen LogP contribution >= 0.6 is 0 Å². The summed E-state index contributed by atoms with van der Waals surface area (Å²) in [5.41, 5.74) is -0.0243. The van der Waals surface area contributed by atoms with Gasteiger partial charge in [-0.1, -0.05) is 18.5 Å². The fourth-order valence-electron chi connectivity index (χ4n) is 2.85. The van der Waals surface area contributed by atoms with Gasteiger partial charge in [0, 0.05) is 6.42 Å². The Hall–Kier alpha value is -0.900. The Kier molecular flexibility index (Phi) is 2.90. The molecule has 1 aliphatic heterocycles. The molecule has 2 aliphatic rings. The molecule has 2 heterocycles. The first-order chi connectivity index (χ1) is 8.32. The van der Waals surface area contributed by atoms with E-state index in [2.05, 4.69) is 22.4 Å². The molecule has 0 aromatic carbocycles.